The first-order chi connectivity index (χ1) is 15.0. The molecule has 6 nitrogen and oxygen atoms in total. The minimum Gasteiger partial charge on any atom is -0.367 e. The summed E-state index contributed by atoms with van der Waals surface area (Å²) in [6, 6.07) is 14.7. The number of benzene rings is 2. The van der Waals surface area contributed by atoms with Crippen molar-refractivity contribution in [2.75, 3.05) is 33.2 Å². The van der Waals surface area contributed by atoms with Gasteiger partial charge < -0.3 is 19.9 Å². The average molecular weight is 425 g/mol. The molecule has 0 saturated carbocycles. The minimum atomic E-state index is -0.263. The summed E-state index contributed by atoms with van der Waals surface area (Å²) in [7, 11) is 1.72. The van der Waals surface area contributed by atoms with Crippen LogP contribution >= 0.6 is 0 Å². The minimum absolute atomic E-state index is 0.0170. The van der Waals surface area contributed by atoms with Crippen molar-refractivity contribution in [2.45, 2.75) is 32.1 Å². The van der Waals surface area contributed by atoms with Gasteiger partial charge >= 0.3 is 0 Å². The maximum Gasteiger partial charge on any atom is 0.242 e. The molecule has 2 heterocycles. The molecule has 2 unspecified atom stereocenters. The molecule has 0 radical (unpaired) electrons. The third kappa shape index (κ3) is 5.05. The lowest BCUT2D eigenvalue weighted by Gasteiger charge is -2.39. The normalized spacial score (nSPS) is 21.6. The molecular weight excluding hydrogens is 395 g/mol. The fraction of sp³-hybridized carbons (Fsp3) is 0.417. The number of nitrogens with one attached hydrogen (secondary N) is 1. The van der Waals surface area contributed by atoms with Gasteiger partial charge in [-0.2, -0.15) is 0 Å². The molecule has 0 aromatic heterocycles. The van der Waals surface area contributed by atoms with E-state index in [0.29, 0.717) is 25.6 Å². The van der Waals surface area contributed by atoms with Crippen molar-refractivity contribution in [1.29, 1.82) is 0 Å². The maximum absolute atomic E-state index is 13.3. The fourth-order valence-corrected chi connectivity index (χ4v) is 4.29. The summed E-state index contributed by atoms with van der Waals surface area (Å²) in [5, 5.41) is 3.23. The standard InChI is InChI=1S/C24H29FN4O2/c1-17-14-29(16-22(31-17)19-7-9-21(25)10-8-19)24(26-2)27-13-23(30)28-12-11-18-5-3-4-6-20(18)15-28/h3-10,17,22H,11-16H2,1-2H3,(H,26,27). The van der Waals surface area contributed by atoms with E-state index < -0.39 is 0 Å². The highest BCUT2D eigenvalue weighted by Gasteiger charge is 2.29. The van der Waals surface area contributed by atoms with Crippen LogP contribution in [0.3, 0.4) is 0 Å². The van der Waals surface area contributed by atoms with E-state index in [1.54, 1.807) is 19.2 Å². The molecule has 4 rings (SSSR count). The fourth-order valence-electron chi connectivity index (χ4n) is 4.29. The lowest BCUT2D eigenvalue weighted by Crippen LogP contribution is -2.52. The monoisotopic (exact) mass is 424 g/mol. The van der Waals surface area contributed by atoms with Crippen LogP contribution in [-0.2, 0) is 22.5 Å². The van der Waals surface area contributed by atoms with Crippen LogP contribution in [0.4, 0.5) is 4.39 Å². The van der Waals surface area contributed by atoms with Crippen molar-refractivity contribution >= 4 is 11.9 Å². The largest absolute Gasteiger partial charge is 0.367 e. The van der Waals surface area contributed by atoms with Crippen molar-refractivity contribution in [1.82, 2.24) is 15.1 Å². The van der Waals surface area contributed by atoms with Gasteiger partial charge in [-0.25, -0.2) is 4.39 Å². The predicted octanol–water partition coefficient (Wildman–Crippen LogP) is 2.75. The van der Waals surface area contributed by atoms with Crippen molar-refractivity contribution in [3.8, 4) is 0 Å². The molecule has 7 heteroatoms. The number of aliphatic imine (C=N–C) groups is 1. The number of nitrogens with zero attached hydrogens (tertiary/aromatic N) is 3. The molecule has 164 valence electrons. The van der Waals surface area contributed by atoms with E-state index in [9.17, 15) is 9.18 Å². The Labute approximate surface area is 182 Å². The Morgan fingerprint density at radius 1 is 1.13 bits per heavy atom. The Balaban J connectivity index is 1.36. The molecule has 1 fully saturated rings. The summed E-state index contributed by atoms with van der Waals surface area (Å²) in [6.07, 6.45) is 0.686. The third-order valence-electron chi connectivity index (χ3n) is 5.89. The van der Waals surface area contributed by atoms with E-state index in [1.165, 1.54) is 23.3 Å². The van der Waals surface area contributed by atoms with Crippen LogP contribution in [-0.4, -0.2) is 61.0 Å². The number of hydrogen-bond donors (Lipinski definition) is 1. The number of morpholine rings is 1. The quantitative estimate of drug-likeness (QED) is 0.608. The molecule has 2 aromatic rings. The Bertz CT molecular complexity index is 947. The maximum atomic E-state index is 13.3. The van der Waals surface area contributed by atoms with Gasteiger partial charge in [-0.1, -0.05) is 36.4 Å². The molecule has 1 N–H and O–H groups in total. The zero-order valence-electron chi connectivity index (χ0n) is 18.1. The first-order valence-corrected chi connectivity index (χ1v) is 10.7. The molecule has 31 heavy (non-hydrogen) atoms. The van der Waals surface area contributed by atoms with Gasteiger partial charge in [0.25, 0.3) is 0 Å². The molecule has 0 aliphatic carbocycles. The van der Waals surface area contributed by atoms with Crippen molar-refractivity contribution < 1.29 is 13.9 Å². The van der Waals surface area contributed by atoms with Crippen LogP contribution in [0.2, 0.25) is 0 Å². The Morgan fingerprint density at radius 3 is 2.61 bits per heavy atom. The first-order valence-electron chi connectivity index (χ1n) is 10.7. The molecule has 2 atom stereocenters. The second kappa shape index (κ2) is 9.47. The number of ether oxygens (including phenoxy) is 1. The molecule has 2 aliphatic rings. The smallest absolute Gasteiger partial charge is 0.242 e. The zero-order valence-corrected chi connectivity index (χ0v) is 18.1. The highest BCUT2D eigenvalue weighted by atomic mass is 19.1. The number of guanidine groups is 1. The summed E-state index contributed by atoms with van der Waals surface area (Å²) in [6.45, 7) is 4.84. The summed E-state index contributed by atoms with van der Waals surface area (Å²) in [5.74, 6) is 0.473. The highest BCUT2D eigenvalue weighted by Crippen LogP contribution is 2.25. The van der Waals surface area contributed by atoms with Gasteiger partial charge in [0.2, 0.25) is 5.91 Å². The number of hydrogen-bond acceptors (Lipinski definition) is 3. The number of fused-ring (bicyclic) bond motifs is 1. The predicted molar refractivity (Wildman–Crippen MR) is 118 cm³/mol. The zero-order chi connectivity index (χ0) is 21.8. The second-order valence-electron chi connectivity index (χ2n) is 8.13. The van der Waals surface area contributed by atoms with Crippen LogP contribution in [0.15, 0.2) is 53.5 Å². The highest BCUT2D eigenvalue weighted by molar-refractivity contribution is 5.86. The number of carbonyl (C=O) groups is 1. The van der Waals surface area contributed by atoms with Gasteiger partial charge in [-0.3, -0.25) is 9.79 Å². The van der Waals surface area contributed by atoms with Crippen molar-refractivity contribution in [3.63, 3.8) is 0 Å². The van der Waals surface area contributed by atoms with Gasteiger partial charge in [-0.15, -0.1) is 0 Å². The summed E-state index contributed by atoms with van der Waals surface area (Å²) < 4.78 is 19.4. The van der Waals surface area contributed by atoms with E-state index in [-0.39, 0.29) is 30.5 Å². The Hall–Kier alpha value is -2.93. The van der Waals surface area contributed by atoms with Gasteiger partial charge in [-0.05, 0) is 42.2 Å². The van der Waals surface area contributed by atoms with E-state index in [2.05, 4.69) is 27.3 Å². The first kappa shape index (κ1) is 21.3. The van der Waals surface area contributed by atoms with E-state index in [4.69, 9.17) is 4.74 Å². The SMILES string of the molecule is CN=C(NCC(=O)N1CCc2ccccc2C1)N1CC(C)OC(c2ccc(F)cc2)C1. The summed E-state index contributed by atoms with van der Waals surface area (Å²) >= 11 is 0. The summed E-state index contributed by atoms with van der Waals surface area (Å²) in [4.78, 5) is 21.2. The summed E-state index contributed by atoms with van der Waals surface area (Å²) in [5.41, 5.74) is 3.47. The van der Waals surface area contributed by atoms with Crippen LogP contribution in [0.25, 0.3) is 0 Å². The van der Waals surface area contributed by atoms with Gasteiger partial charge in [0, 0.05) is 26.7 Å². The number of amides is 1. The van der Waals surface area contributed by atoms with Gasteiger partial charge in [0.05, 0.1) is 19.2 Å². The van der Waals surface area contributed by atoms with Crippen LogP contribution in [0.1, 0.15) is 29.7 Å². The number of carbonyl (C=O) groups excluding carboxylic acids is 1. The van der Waals surface area contributed by atoms with Gasteiger partial charge in [0.15, 0.2) is 5.96 Å². The van der Waals surface area contributed by atoms with E-state index in [0.717, 1.165) is 18.5 Å². The second-order valence-corrected chi connectivity index (χ2v) is 8.13. The van der Waals surface area contributed by atoms with Gasteiger partial charge in [0.1, 0.15) is 11.9 Å². The Morgan fingerprint density at radius 2 is 1.87 bits per heavy atom. The lowest BCUT2D eigenvalue weighted by molar-refractivity contribution is -0.130. The van der Waals surface area contributed by atoms with Crippen molar-refractivity contribution in [2.24, 2.45) is 4.99 Å². The lowest BCUT2D eigenvalue weighted by atomic mass is 10.00. The van der Waals surface area contributed by atoms with Crippen LogP contribution in [0.5, 0.6) is 0 Å². The molecular formula is C24H29FN4O2. The molecule has 2 aromatic carbocycles. The molecule has 2 aliphatic heterocycles. The van der Waals surface area contributed by atoms with Crippen molar-refractivity contribution in [3.05, 3.63) is 71.0 Å². The molecule has 0 bridgehead atoms. The molecule has 1 saturated heterocycles. The van der Waals surface area contributed by atoms with Crippen LogP contribution < -0.4 is 5.32 Å². The molecule has 1 amide bonds. The number of rotatable bonds is 3. The topological polar surface area (TPSA) is 57.2 Å². The third-order valence-corrected chi connectivity index (χ3v) is 5.89. The Kier molecular flexibility index (Phi) is 6.51. The van der Waals surface area contributed by atoms with Crippen LogP contribution in [0, 0.1) is 5.82 Å². The average Bonchev–Trinajstić information content (AvgIpc) is 2.79. The van der Waals surface area contributed by atoms with E-state index >= 15 is 0 Å². The molecule has 0 spiro atoms. The van der Waals surface area contributed by atoms with E-state index in [1.807, 2.05) is 24.0 Å². The number of halogens is 1.